The monoisotopic (exact) mass is 218 g/mol. The summed E-state index contributed by atoms with van der Waals surface area (Å²) in [6.45, 7) is 11.5. The van der Waals surface area contributed by atoms with Gasteiger partial charge < -0.3 is 4.90 Å². The van der Waals surface area contributed by atoms with Crippen LogP contribution >= 0.6 is 0 Å². The van der Waals surface area contributed by atoms with Crippen molar-refractivity contribution in [3.05, 3.63) is 12.3 Å². The molecule has 0 spiro atoms. The summed E-state index contributed by atoms with van der Waals surface area (Å²) in [5, 5.41) is 0. The molecule has 0 bridgehead atoms. The van der Waals surface area contributed by atoms with Crippen LogP contribution in [0, 0.1) is 0 Å². The van der Waals surface area contributed by atoms with Crippen LogP contribution in [0.2, 0.25) is 0 Å². The Balaban J connectivity index is 2.60. The van der Waals surface area contributed by atoms with Gasteiger partial charge >= 0.3 is 0 Å². The maximum absolute atomic E-state index is 12.3. The Morgan fingerprint density at radius 2 is 2.00 bits per heavy atom. The molecule has 1 saturated heterocycles. The van der Waals surface area contributed by atoms with Crippen LogP contribution in [0.3, 0.4) is 0 Å². The van der Waals surface area contributed by atoms with Crippen molar-refractivity contribution in [3.8, 4) is 0 Å². The predicted octanol–water partition coefficient (Wildman–Crippen LogP) is 2.18. The molecule has 1 atom stereocenters. The Hall–Kier alpha value is -0.640. The van der Waals surface area contributed by atoms with Crippen molar-refractivity contribution in [2.24, 2.45) is 0 Å². The summed E-state index contributed by atoms with van der Waals surface area (Å²) in [5.74, 6) is 0. The van der Waals surface area contributed by atoms with Gasteiger partial charge in [-0.15, -0.1) is 0 Å². The first-order valence-electron chi connectivity index (χ1n) is 5.41. The number of hydrogen-bond acceptors (Lipinski definition) is 2. The fraction of sp³-hybridized carbons (Fsp3) is 0.818. The molecule has 0 aromatic rings. The number of halogens is 2. The fourth-order valence-corrected chi connectivity index (χ4v) is 2.11. The third-order valence-corrected chi connectivity index (χ3v) is 3.04. The number of hydrogen-bond donors (Lipinski definition) is 0. The molecular weight excluding hydrogens is 198 g/mol. The lowest BCUT2D eigenvalue weighted by molar-refractivity contribution is 0.0533. The van der Waals surface area contributed by atoms with Gasteiger partial charge in [0.05, 0.1) is 6.54 Å². The Labute approximate surface area is 90.5 Å². The van der Waals surface area contributed by atoms with Crippen molar-refractivity contribution in [3.63, 3.8) is 0 Å². The molecule has 0 radical (unpaired) electrons. The summed E-state index contributed by atoms with van der Waals surface area (Å²) >= 11 is 0. The standard InChI is InChI=1S/C11H20F2N2/c1-8(2)15-6-5-14(7-11(12)13)9(3)10(15)4/h8,10-11H,3,5-7H2,1-2,4H3. The van der Waals surface area contributed by atoms with Gasteiger partial charge in [-0.3, -0.25) is 4.90 Å². The number of piperazine rings is 1. The van der Waals surface area contributed by atoms with Gasteiger partial charge in [-0.05, 0) is 20.8 Å². The van der Waals surface area contributed by atoms with Crippen LogP contribution in [0.1, 0.15) is 20.8 Å². The molecule has 0 N–H and O–H groups in total. The third kappa shape index (κ3) is 2.91. The second-order valence-corrected chi connectivity index (χ2v) is 4.34. The maximum atomic E-state index is 12.3. The van der Waals surface area contributed by atoms with E-state index in [1.807, 2.05) is 6.92 Å². The maximum Gasteiger partial charge on any atom is 0.255 e. The van der Waals surface area contributed by atoms with E-state index in [0.717, 1.165) is 12.2 Å². The van der Waals surface area contributed by atoms with Gasteiger partial charge in [0.1, 0.15) is 0 Å². The zero-order valence-electron chi connectivity index (χ0n) is 9.71. The topological polar surface area (TPSA) is 6.48 Å². The van der Waals surface area contributed by atoms with Gasteiger partial charge in [-0.2, -0.15) is 0 Å². The summed E-state index contributed by atoms with van der Waals surface area (Å²) in [5.41, 5.74) is 0.815. The molecule has 2 nitrogen and oxygen atoms in total. The van der Waals surface area contributed by atoms with Gasteiger partial charge in [0, 0.05) is 30.9 Å². The Morgan fingerprint density at radius 3 is 2.47 bits per heavy atom. The normalized spacial score (nSPS) is 24.3. The zero-order valence-corrected chi connectivity index (χ0v) is 9.71. The molecule has 1 aliphatic rings. The van der Waals surface area contributed by atoms with Gasteiger partial charge in [-0.1, -0.05) is 6.58 Å². The van der Waals surface area contributed by atoms with Gasteiger partial charge in [0.2, 0.25) is 0 Å². The Kier molecular flexibility index (Phi) is 4.08. The average molecular weight is 218 g/mol. The van der Waals surface area contributed by atoms with E-state index >= 15 is 0 Å². The van der Waals surface area contributed by atoms with Crippen molar-refractivity contribution < 1.29 is 8.78 Å². The minimum atomic E-state index is -2.28. The quantitative estimate of drug-likeness (QED) is 0.716. The number of alkyl halides is 2. The average Bonchev–Trinajstić information content (AvgIpc) is 2.12. The Morgan fingerprint density at radius 1 is 1.40 bits per heavy atom. The summed E-state index contributed by atoms with van der Waals surface area (Å²) in [4.78, 5) is 3.98. The van der Waals surface area contributed by atoms with Gasteiger partial charge in [0.25, 0.3) is 6.43 Å². The van der Waals surface area contributed by atoms with E-state index in [4.69, 9.17) is 0 Å². The van der Waals surface area contributed by atoms with Crippen molar-refractivity contribution >= 4 is 0 Å². The number of nitrogens with zero attached hydrogens (tertiary/aromatic N) is 2. The van der Waals surface area contributed by atoms with E-state index in [1.54, 1.807) is 4.90 Å². The zero-order chi connectivity index (χ0) is 11.6. The summed E-state index contributed by atoms with van der Waals surface area (Å²) in [6.07, 6.45) is -2.28. The molecule has 4 heteroatoms. The van der Waals surface area contributed by atoms with Crippen molar-refractivity contribution in [2.75, 3.05) is 19.6 Å². The first-order chi connectivity index (χ1) is 6.93. The van der Waals surface area contributed by atoms with Crippen LogP contribution in [0.15, 0.2) is 12.3 Å². The summed E-state index contributed by atoms with van der Waals surface area (Å²) < 4.78 is 24.6. The van der Waals surface area contributed by atoms with Crippen molar-refractivity contribution in [1.29, 1.82) is 0 Å². The second-order valence-electron chi connectivity index (χ2n) is 4.34. The van der Waals surface area contributed by atoms with E-state index in [2.05, 4.69) is 25.3 Å². The molecule has 15 heavy (non-hydrogen) atoms. The lowest BCUT2D eigenvalue weighted by Crippen LogP contribution is -2.53. The van der Waals surface area contributed by atoms with Gasteiger partial charge in [-0.25, -0.2) is 8.78 Å². The van der Waals surface area contributed by atoms with Crippen LogP contribution in [0.4, 0.5) is 8.78 Å². The first kappa shape index (κ1) is 12.4. The first-order valence-corrected chi connectivity index (χ1v) is 5.41. The molecular formula is C11H20F2N2. The van der Waals surface area contributed by atoms with E-state index < -0.39 is 6.43 Å². The molecule has 1 aliphatic heterocycles. The fourth-order valence-electron chi connectivity index (χ4n) is 2.11. The highest BCUT2D eigenvalue weighted by molar-refractivity contribution is 5.08. The van der Waals surface area contributed by atoms with E-state index in [-0.39, 0.29) is 12.6 Å². The molecule has 1 fully saturated rings. The molecule has 0 aliphatic carbocycles. The molecule has 0 amide bonds. The van der Waals surface area contributed by atoms with Crippen LogP contribution in [-0.4, -0.2) is 47.9 Å². The SMILES string of the molecule is C=C1C(C)N(C(C)C)CCN1CC(F)F. The van der Waals surface area contributed by atoms with E-state index in [9.17, 15) is 8.78 Å². The second kappa shape index (κ2) is 4.92. The van der Waals surface area contributed by atoms with Crippen molar-refractivity contribution in [1.82, 2.24) is 9.80 Å². The highest BCUT2D eigenvalue weighted by atomic mass is 19.3. The molecule has 1 unspecified atom stereocenters. The molecule has 0 aromatic carbocycles. The highest BCUT2D eigenvalue weighted by Crippen LogP contribution is 2.21. The smallest absolute Gasteiger partial charge is 0.255 e. The van der Waals surface area contributed by atoms with Crippen molar-refractivity contribution in [2.45, 2.75) is 39.3 Å². The summed E-state index contributed by atoms with van der Waals surface area (Å²) in [6, 6.07) is 0.600. The van der Waals surface area contributed by atoms with E-state index in [0.29, 0.717) is 12.6 Å². The van der Waals surface area contributed by atoms with Crippen LogP contribution < -0.4 is 0 Å². The molecule has 1 rings (SSSR count). The van der Waals surface area contributed by atoms with Gasteiger partial charge in [0.15, 0.2) is 0 Å². The Bertz CT molecular complexity index is 225. The van der Waals surface area contributed by atoms with E-state index in [1.165, 1.54) is 0 Å². The summed E-state index contributed by atoms with van der Waals surface area (Å²) in [7, 11) is 0. The van der Waals surface area contributed by atoms with Crippen LogP contribution in [-0.2, 0) is 0 Å². The third-order valence-electron chi connectivity index (χ3n) is 3.04. The lowest BCUT2D eigenvalue weighted by atomic mass is 10.1. The molecule has 0 saturated carbocycles. The number of rotatable bonds is 3. The molecule has 0 aromatic heterocycles. The lowest BCUT2D eigenvalue weighted by Gasteiger charge is -2.44. The van der Waals surface area contributed by atoms with Crippen LogP contribution in [0.5, 0.6) is 0 Å². The highest BCUT2D eigenvalue weighted by Gasteiger charge is 2.29. The molecule has 1 heterocycles. The molecule has 88 valence electrons. The van der Waals surface area contributed by atoms with Crippen LogP contribution in [0.25, 0.3) is 0 Å². The largest absolute Gasteiger partial charge is 0.367 e. The minimum Gasteiger partial charge on any atom is -0.367 e. The minimum absolute atomic E-state index is 0.164. The predicted molar refractivity (Wildman–Crippen MR) is 58.0 cm³/mol.